The summed E-state index contributed by atoms with van der Waals surface area (Å²) in [6.45, 7) is 14.3. The molecule has 0 spiro atoms. The van der Waals surface area contributed by atoms with Crippen molar-refractivity contribution in [3.8, 4) is 0 Å². The molecule has 101 heavy (non-hydrogen) atoms. The molecular formula is C82H160O17P2. The van der Waals surface area contributed by atoms with Crippen molar-refractivity contribution in [2.45, 2.75) is 440 Å². The fourth-order valence-electron chi connectivity index (χ4n) is 12.6. The van der Waals surface area contributed by atoms with E-state index >= 15 is 0 Å². The standard InChI is InChI=1S/C82H160O17P2/c1-9-75(8)61-53-45-37-29-23-17-14-15-19-25-31-39-48-56-64-81(86)99-78(69-93-80(85)63-55-47-41-33-36-44-52-60-74(6)7)71-97-101(90,91)95-67-76(83)66-94-100(88,89)96-70-77(98-82(87)65-57-49-40-32-26-20-22-28-35-43-51-59-73(4)5)68-92-79(84)62-54-46-38-30-24-18-13-11-10-12-16-21-27-34-42-50-58-72(2)3/h72-78,83H,9-71H2,1-8H3,(H,88,89)(H,90,91)/t75?,76?,77-,78-/m1/s1. The number of phosphoric ester groups is 2. The minimum Gasteiger partial charge on any atom is -0.462 e. The first kappa shape index (κ1) is 99.1. The predicted octanol–water partition coefficient (Wildman–Crippen LogP) is 24.4. The van der Waals surface area contributed by atoms with Crippen molar-refractivity contribution < 1.29 is 80.2 Å². The molecule has 0 saturated carbocycles. The molecule has 0 rings (SSSR count). The predicted molar refractivity (Wildman–Crippen MR) is 414 cm³/mol. The third-order valence-electron chi connectivity index (χ3n) is 19.4. The second-order valence-electron chi connectivity index (χ2n) is 31.2. The lowest BCUT2D eigenvalue weighted by Crippen LogP contribution is -2.30. The van der Waals surface area contributed by atoms with Crippen LogP contribution in [0.3, 0.4) is 0 Å². The number of phosphoric acid groups is 2. The molecule has 0 aromatic rings. The number of rotatable bonds is 79. The van der Waals surface area contributed by atoms with Gasteiger partial charge in [-0.15, -0.1) is 0 Å². The van der Waals surface area contributed by atoms with E-state index in [1.807, 2.05) is 0 Å². The summed E-state index contributed by atoms with van der Waals surface area (Å²) in [7, 11) is -9.92. The maximum absolute atomic E-state index is 13.1. The summed E-state index contributed by atoms with van der Waals surface area (Å²) in [5, 5.41) is 10.6. The summed E-state index contributed by atoms with van der Waals surface area (Å²) in [5.41, 5.74) is 0. The van der Waals surface area contributed by atoms with Crippen molar-refractivity contribution in [1.29, 1.82) is 0 Å². The van der Waals surface area contributed by atoms with Crippen LogP contribution in [0.15, 0.2) is 0 Å². The molecule has 0 amide bonds. The van der Waals surface area contributed by atoms with E-state index in [4.69, 9.17) is 37.0 Å². The minimum absolute atomic E-state index is 0.106. The van der Waals surface area contributed by atoms with Crippen LogP contribution in [0, 0.1) is 23.7 Å². The van der Waals surface area contributed by atoms with Gasteiger partial charge >= 0.3 is 39.5 Å². The average Bonchev–Trinajstić information content (AvgIpc) is 0.922. The summed E-state index contributed by atoms with van der Waals surface area (Å²) in [6.07, 6.45) is 58.3. The first-order valence-corrected chi connectivity index (χ1v) is 45.2. The number of aliphatic hydroxyl groups is 1. The van der Waals surface area contributed by atoms with Crippen molar-refractivity contribution >= 4 is 39.5 Å². The molecule has 0 saturated heterocycles. The van der Waals surface area contributed by atoms with Gasteiger partial charge in [-0.2, -0.15) is 0 Å². The Bertz CT molecular complexity index is 1970. The van der Waals surface area contributed by atoms with Crippen LogP contribution in [0.4, 0.5) is 0 Å². The van der Waals surface area contributed by atoms with Gasteiger partial charge in [0.05, 0.1) is 26.4 Å². The summed E-state index contributed by atoms with van der Waals surface area (Å²) in [4.78, 5) is 73.1. The second-order valence-corrected chi connectivity index (χ2v) is 34.1. The van der Waals surface area contributed by atoms with Crippen molar-refractivity contribution in [3.63, 3.8) is 0 Å². The smallest absolute Gasteiger partial charge is 0.462 e. The lowest BCUT2D eigenvalue weighted by Gasteiger charge is -2.21. The fourth-order valence-corrected chi connectivity index (χ4v) is 14.2. The Balaban J connectivity index is 5.22. The Morgan fingerprint density at radius 1 is 0.277 bits per heavy atom. The lowest BCUT2D eigenvalue weighted by atomic mass is 9.99. The first-order valence-electron chi connectivity index (χ1n) is 42.2. The zero-order chi connectivity index (χ0) is 74.6. The van der Waals surface area contributed by atoms with Gasteiger partial charge in [0.25, 0.3) is 0 Å². The minimum atomic E-state index is -4.96. The molecule has 0 aliphatic carbocycles. The maximum atomic E-state index is 13.1. The molecule has 19 heteroatoms. The average molecular weight is 1480 g/mol. The Morgan fingerprint density at radius 2 is 0.475 bits per heavy atom. The fraction of sp³-hybridized carbons (Fsp3) is 0.951. The van der Waals surface area contributed by atoms with Crippen LogP contribution in [-0.2, 0) is 65.4 Å². The second kappa shape index (κ2) is 71.0. The monoisotopic (exact) mass is 1480 g/mol. The highest BCUT2D eigenvalue weighted by Gasteiger charge is 2.30. The number of carbonyl (C=O) groups excluding carboxylic acids is 4. The van der Waals surface area contributed by atoms with Crippen LogP contribution in [0.25, 0.3) is 0 Å². The topological polar surface area (TPSA) is 237 Å². The van der Waals surface area contributed by atoms with Crippen molar-refractivity contribution in [2.24, 2.45) is 23.7 Å². The molecule has 0 aliphatic rings. The first-order chi connectivity index (χ1) is 48.6. The maximum Gasteiger partial charge on any atom is 0.472 e. The number of unbranched alkanes of at least 4 members (excludes halogenated alkanes) is 44. The molecule has 600 valence electrons. The highest BCUT2D eigenvalue weighted by Crippen LogP contribution is 2.45. The van der Waals surface area contributed by atoms with E-state index in [9.17, 15) is 43.2 Å². The van der Waals surface area contributed by atoms with E-state index in [2.05, 4.69) is 55.4 Å². The van der Waals surface area contributed by atoms with E-state index in [0.717, 1.165) is 114 Å². The van der Waals surface area contributed by atoms with Crippen molar-refractivity contribution in [3.05, 3.63) is 0 Å². The van der Waals surface area contributed by atoms with Gasteiger partial charge in [-0.3, -0.25) is 37.3 Å². The summed E-state index contributed by atoms with van der Waals surface area (Å²) >= 11 is 0. The highest BCUT2D eigenvalue weighted by molar-refractivity contribution is 7.47. The molecule has 0 heterocycles. The van der Waals surface area contributed by atoms with E-state index in [1.54, 1.807) is 0 Å². The SMILES string of the molecule is CCC(C)CCCCCCCCCCCCCCCCC(=O)O[C@H](COC(=O)CCCCCCCCCC(C)C)COP(=O)(O)OCC(O)COP(=O)(O)OC[C@@H](COC(=O)CCCCCCCCCCCCCCCCCCC(C)C)OC(=O)CCCCCCCCCCCCCC(C)C. The molecule has 0 aromatic carbocycles. The molecule has 6 atom stereocenters. The Labute approximate surface area is 619 Å². The number of hydrogen-bond acceptors (Lipinski definition) is 15. The van der Waals surface area contributed by atoms with Crippen LogP contribution >= 0.6 is 15.6 Å². The zero-order valence-corrected chi connectivity index (χ0v) is 68.3. The lowest BCUT2D eigenvalue weighted by molar-refractivity contribution is -0.161. The summed E-state index contributed by atoms with van der Waals surface area (Å²) < 4.78 is 68.7. The molecule has 0 radical (unpaired) electrons. The van der Waals surface area contributed by atoms with Crippen LogP contribution in [0.2, 0.25) is 0 Å². The van der Waals surface area contributed by atoms with Crippen LogP contribution in [0.1, 0.15) is 421 Å². The Morgan fingerprint density at radius 3 is 0.703 bits per heavy atom. The van der Waals surface area contributed by atoms with E-state index in [0.29, 0.717) is 31.6 Å². The normalized spacial score (nSPS) is 14.3. The van der Waals surface area contributed by atoms with Gasteiger partial charge in [0, 0.05) is 25.7 Å². The van der Waals surface area contributed by atoms with E-state index in [-0.39, 0.29) is 25.7 Å². The van der Waals surface area contributed by atoms with Gasteiger partial charge in [0.2, 0.25) is 0 Å². The number of esters is 4. The Kier molecular flexibility index (Phi) is 69.6. The van der Waals surface area contributed by atoms with Crippen molar-refractivity contribution in [2.75, 3.05) is 39.6 Å². The molecule has 4 unspecified atom stereocenters. The largest absolute Gasteiger partial charge is 0.472 e. The van der Waals surface area contributed by atoms with E-state index in [1.165, 1.54) is 218 Å². The molecule has 0 aromatic heterocycles. The quantitative estimate of drug-likeness (QED) is 0.0222. The van der Waals surface area contributed by atoms with Crippen LogP contribution < -0.4 is 0 Å². The molecule has 0 aliphatic heterocycles. The van der Waals surface area contributed by atoms with Crippen LogP contribution in [-0.4, -0.2) is 96.7 Å². The van der Waals surface area contributed by atoms with Gasteiger partial charge in [-0.25, -0.2) is 9.13 Å². The number of carbonyl (C=O) groups is 4. The van der Waals surface area contributed by atoms with Gasteiger partial charge in [-0.05, 0) is 49.4 Å². The molecule has 0 fully saturated rings. The summed E-state index contributed by atoms with van der Waals surface area (Å²) in [5.74, 6) is 1.02. The van der Waals surface area contributed by atoms with Gasteiger partial charge in [0.15, 0.2) is 12.2 Å². The third kappa shape index (κ3) is 74.7. The molecule has 17 nitrogen and oxygen atoms in total. The molecule has 0 bridgehead atoms. The number of hydrogen-bond donors (Lipinski definition) is 3. The third-order valence-corrected chi connectivity index (χ3v) is 21.3. The number of ether oxygens (including phenoxy) is 4. The van der Waals surface area contributed by atoms with E-state index < -0.39 is 97.5 Å². The van der Waals surface area contributed by atoms with Crippen LogP contribution in [0.5, 0.6) is 0 Å². The number of aliphatic hydroxyl groups excluding tert-OH is 1. The Hall–Kier alpha value is -1.94. The summed E-state index contributed by atoms with van der Waals surface area (Å²) in [6, 6.07) is 0. The van der Waals surface area contributed by atoms with Gasteiger partial charge in [-0.1, -0.05) is 370 Å². The highest BCUT2D eigenvalue weighted by atomic mass is 31.2. The zero-order valence-electron chi connectivity index (χ0n) is 66.5. The van der Waals surface area contributed by atoms with Gasteiger partial charge in [0.1, 0.15) is 19.3 Å². The van der Waals surface area contributed by atoms with Crippen molar-refractivity contribution in [1.82, 2.24) is 0 Å². The molecule has 3 N–H and O–H groups in total. The van der Waals surface area contributed by atoms with Gasteiger partial charge < -0.3 is 33.8 Å². The molecular weight excluding hydrogens is 1320 g/mol.